The third-order valence-electron chi connectivity index (χ3n) is 1.66. The van der Waals surface area contributed by atoms with Gasteiger partial charge in [0, 0.05) is 11.6 Å². The summed E-state index contributed by atoms with van der Waals surface area (Å²) in [6.45, 7) is 1.05. The number of hydrogen-bond donors (Lipinski definition) is 2. The minimum atomic E-state index is -0.495. The first-order chi connectivity index (χ1) is 7.22. The van der Waals surface area contributed by atoms with Gasteiger partial charge in [-0.3, -0.25) is 0 Å². The Morgan fingerprint density at radius 2 is 2.33 bits per heavy atom. The molecule has 4 nitrogen and oxygen atoms in total. The predicted octanol–water partition coefficient (Wildman–Crippen LogP) is 1.78. The lowest BCUT2D eigenvalue weighted by Crippen LogP contribution is -2.28. The molecule has 0 radical (unpaired) electrons. The van der Waals surface area contributed by atoms with E-state index in [1.807, 2.05) is 0 Å². The van der Waals surface area contributed by atoms with Crippen molar-refractivity contribution < 1.29 is 9.53 Å². The molecule has 1 aromatic carbocycles. The Bertz CT molecular complexity index is 331. The minimum Gasteiger partial charge on any atom is -0.410 e. The van der Waals surface area contributed by atoms with Crippen molar-refractivity contribution in [3.05, 3.63) is 29.3 Å². The number of hydrogen-bond acceptors (Lipinski definition) is 3. The highest BCUT2D eigenvalue weighted by Crippen LogP contribution is 2.16. The van der Waals surface area contributed by atoms with Crippen LogP contribution in [0.15, 0.2) is 24.3 Å². The Hall–Kier alpha value is -1.26. The van der Waals surface area contributed by atoms with E-state index in [9.17, 15) is 4.79 Å². The van der Waals surface area contributed by atoms with E-state index in [0.29, 0.717) is 23.9 Å². The minimum absolute atomic E-state index is 0.424. The zero-order valence-corrected chi connectivity index (χ0v) is 8.96. The molecule has 0 aliphatic carbocycles. The van der Waals surface area contributed by atoms with E-state index in [0.717, 1.165) is 6.42 Å². The molecule has 0 saturated heterocycles. The number of amides is 1. The molecule has 0 aliphatic rings. The summed E-state index contributed by atoms with van der Waals surface area (Å²) in [5.74, 6) is 0.424. The highest BCUT2D eigenvalue weighted by atomic mass is 35.5. The summed E-state index contributed by atoms with van der Waals surface area (Å²) in [7, 11) is 0. The largest absolute Gasteiger partial charge is 0.412 e. The van der Waals surface area contributed by atoms with Crippen molar-refractivity contribution in [3.8, 4) is 5.75 Å². The van der Waals surface area contributed by atoms with Crippen LogP contribution in [0.3, 0.4) is 0 Å². The Morgan fingerprint density at radius 1 is 1.53 bits per heavy atom. The first kappa shape index (κ1) is 11.8. The van der Waals surface area contributed by atoms with Gasteiger partial charge >= 0.3 is 6.09 Å². The molecule has 15 heavy (non-hydrogen) atoms. The van der Waals surface area contributed by atoms with Crippen LogP contribution in [0.2, 0.25) is 5.02 Å². The summed E-state index contributed by atoms with van der Waals surface area (Å²) >= 11 is 5.73. The lowest BCUT2D eigenvalue weighted by Gasteiger charge is -2.05. The fourth-order valence-corrected chi connectivity index (χ4v) is 1.15. The van der Waals surface area contributed by atoms with E-state index in [1.165, 1.54) is 0 Å². The zero-order chi connectivity index (χ0) is 11.1. The van der Waals surface area contributed by atoms with Gasteiger partial charge in [0.25, 0.3) is 0 Å². The summed E-state index contributed by atoms with van der Waals surface area (Å²) < 4.78 is 4.97. The van der Waals surface area contributed by atoms with Gasteiger partial charge < -0.3 is 15.8 Å². The number of halogens is 1. The maximum absolute atomic E-state index is 11.2. The molecular weight excluding hydrogens is 216 g/mol. The van der Waals surface area contributed by atoms with Gasteiger partial charge in [-0.05, 0) is 31.2 Å². The number of nitrogens with one attached hydrogen (secondary N) is 1. The van der Waals surface area contributed by atoms with Crippen LogP contribution in [0.5, 0.6) is 5.75 Å². The molecule has 0 heterocycles. The molecule has 1 aromatic rings. The lowest BCUT2D eigenvalue weighted by atomic mass is 10.3. The molecule has 82 valence electrons. The number of ether oxygens (including phenoxy) is 1. The van der Waals surface area contributed by atoms with Crippen LogP contribution in [0.1, 0.15) is 6.42 Å². The fourth-order valence-electron chi connectivity index (χ4n) is 0.966. The van der Waals surface area contributed by atoms with E-state index in [2.05, 4.69) is 5.32 Å². The third-order valence-corrected chi connectivity index (χ3v) is 1.89. The second kappa shape index (κ2) is 6.27. The van der Waals surface area contributed by atoms with Crippen LogP contribution >= 0.6 is 11.6 Å². The van der Waals surface area contributed by atoms with Crippen molar-refractivity contribution in [1.82, 2.24) is 5.32 Å². The summed E-state index contributed by atoms with van der Waals surface area (Å²) in [4.78, 5) is 11.2. The number of carbonyl (C=O) groups is 1. The number of rotatable bonds is 4. The molecule has 1 amide bonds. The van der Waals surface area contributed by atoms with Gasteiger partial charge in [-0.2, -0.15) is 0 Å². The zero-order valence-electron chi connectivity index (χ0n) is 8.20. The van der Waals surface area contributed by atoms with E-state index >= 15 is 0 Å². The highest BCUT2D eigenvalue weighted by Gasteiger charge is 2.02. The van der Waals surface area contributed by atoms with Gasteiger partial charge in [0.2, 0.25) is 0 Å². The van der Waals surface area contributed by atoms with E-state index in [4.69, 9.17) is 22.1 Å². The molecular formula is C10H13ClN2O2. The quantitative estimate of drug-likeness (QED) is 0.772. The fraction of sp³-hybridized carbons (Fsp3) is 0.300. The summed E-state index contributed by atoms with van der Waals surface area (Å²) in [5, 5.41) is 3.10. The average Bonchev–Trinajstić information content (AvgIpc) is 2.18. The summed E-state index contributed by atoms with van der Waals surface area (Å²) in [6, 6.07) is 6.66. The third kappa shape index (κ3) is 4.67. The van der Waals surface area contributed by atoms with Gasteiger partial charge in [0.1, 0.15) is 5.75 Å². The number of benzene rings is 1. The van der Waals surface area contributed by atoms with Crippen molar-refractivity contribution in [2.24, 2.45) is 5.73 Å². The Morgan fingerprint density at radius 3 is 3.00 bits per heavy atom. The molecule has 0 fully saturated rings. The monoisotopic (exact) mass is 228 g/mol. The van der Waals surface area contributed by atoms with E-state index in [-0.39, 0.29) is 0 Å². The van der Waals surface area contributed by atoms with Crippen molar-refractivity contribution in [2.45, 2.75) is 6.42 Å². The maximum atomic E-state index is 11.2. The summed E-state index contributed by atoms with van der Waals surface area (Å²) in [5.41, 5.74) is 5.28. The first-order valence-electron chi connectivity index (χ1n) is 4.63. The van der Waals surface area contributed by atoms with Gasteiger partial charge in [-0.15, -0.1) is 0 Å². The van der Waals surface area contributed by atoms with Gasteiger partial charge in [-0.1, -0.05) is 17.7 Å². The second-order valence-corrected chi connectivity index (χ2v) is 3.35. The smallest absolute Gasteiger partial charge is 0.410 e. The van der Waals surface area contributed by atoms with Crippen LogP contribution < -0.4 is 15.8 Å². The molecule has 5 heteroatoms. The normalized spacial score (nSPS) is 9.73. The van der Waals surface area contributed by atoms with Crippen molar-refractivity contribution in [1.29, 1.82) is 0 Å². The van der Waals surface area contributed by atoms with Gasteiger partial charge in [0.05, 0.1) is 0 Å². The molecule has 0 bridgehead atoms. The SMILES string of the molecule is NCCCNC(=O)Oc1cccc(Cl)c1. The summed E-state index contributed by atoms with van der Waals surface area (Å²) in [6.07, 6.45) is 0.232. The van der Waals surface area contributed by atoms with Crippen LogP contribution in [0.4, 0.5) is 4.79 Å². The first-order valence-corrected chi connectivity index (χ1v) is 5.01. The second-order valence-electron chi connectivity index (χ2n) is 2.92. The van der Waals surface area contributed by atoms with Crippen molar-refractivity contribution >= 4 is 17.7 Å². The standard InChI is InChI=1S/C10H13ClN2O2/c11-8-3-1-4-9(7-8)15-10(14)13-6-2-5-12/h1,3-4,7H,2,5-6,12H2,(H,13,14). The van der Waals surface area contributed by atoms with Crippen LogP contribution in [-0.4, -0.2) is 19.2 Å². The molecule has 3 N–H and O–H groups in total. The number of nitrogens with two attached hydrogens (primary N) is 1. The maximum Gasteiger partial charge on any atom is 0.412 e. The highest BCUT2D eigenvalue weighted by molar-refractivity contribution is 6.30. The van der Waals surface area contributed by atoms with Crippen LogP contribution in [0.25, 0.3) is 0 Å². The molecule has 0 atom stereocenters. The number of carbonyl (C=O) groups excluding carboxylic acids is 1. The van der Waals surface area contributed by atoms with E-state index < -0.39 is 6.09 Å². The van der Waals surface area contributed by atoms with Crippen molar-refractivity contribution in [2.75, 3.05) is 13.1 Å². The molecule has 0 unspecified atom stereocenters. The molecule has 0 aromatic heterocycles. The molecule has 0 saturated carbocycles. The van der Waals surface area contributed by atoms with Gasteiger partial charge in [0.15, 0.2) is 0 Å². The average molecular weight is 229 g/mol. The van der Waals surface area contributed by atoms with Crippen molar-refractivity contribution in [3.63, 3.8) is 0 Å². The molecule has 0 spiro atoms. The molecule has 1 rings (SSSR count). The Labute approximate surface area is 93.4 Å². The Balaban J connectivity index is 2.37. The predicted molar refractivity (Wildman–Crippen MR) is 59.2 cm³/mol. The topological polar surface area (TPSA) is 64.3 Å². The molecule has 0 aliphatic heterocycles. The van der Waals surface area contributed by atoms with Crippen LogP contribution in [-0.2, 0) is 0 Å². The lowest BCUT2D eigenvalue weighted by molar-refractivity contribution is 0.200. The van der Waals surface area contributed by atoms with Crippen LogP contribution in [0, 0.1) is 0 Å². The Kier molecular flexibility index (Phi) is 4.93. The van der Waals surface area contributed by atoms with Gasteiger partial charge in [-0.25, -0.2) is 4.79 Å². The van der Waals surface area contributed by atoms with E-state index in [1.54, 1.807) is 24.3 Å².